The van der Waals surface area contributed by atoms with Gasteiger partial charge < -0.3 is 4.74 Å². The summed E-state index contributed by atoms with van der Waals surface area (Å²) in [6, 6.07) is 8.30. The Balaban J connectivity index is 2.44. The van der Waals surface area contributed by atoms with Gasteiger partial charge in [0.2, 0.25) is 0 Å². The molecule has 0 saturated heterocycles. The van der Waals surface area contributed by atoms with E-state index >= 15 is 0 Å². The van der Waals surface area contributed by atoms with Crippen LogP contribution in [0.15, 0.2) is 30.3 Å². The van der Waals surface area contributed by atoms with Crippen molar-refractivity contribution in [1.29, 1.82) is 5.26 Å². The molecule has 0 heterocycles. The molecule has 0 bridgehead atoms. The van der Waals surface area contributed by atoms with E-state index < -0.39 is 10.7 Å². The Hall–Kier alpha value is -2.94. The highest BCUT2D eigenvalue weighted by atomic mass is 19.1. The molecule has 5 nitrogen and oxygen atoms in total. The second-order valence-corrected chi connectivity index (χ2v) is 4.55. The van der Waals surface area contributed by atoms with Crippen molar-refractivity contribution in [1.82, 2.24) is 0 Å². The van der Waals surface area contributed by atoms with E-state index in [9.17, 15) is 14.5 Å². The molecule has 0 unspecified atom stereocenters. The van der Waals surface area contributed by atoms with E-state index in [0.29, 0.717) is 11.1 Å². The molecule has 0 N–H and O–H groups in total. The molecule has 2 aromatic rings. The highest BCUT2D eigenvalue weighted by molar-refractivity contribution is 5.51. The third kappa shape index (κ3) is 3.15. The molecule has 0 spiro atoms. The van der Waals surface area contributed by atoms with Crippen LogP contribution in [-0.2, 0) is 0 Å². The Morgan fingerprint density at radius 1 is 1.19 bits per heavy atom. The molecule has 2 rings (SSSR count). The van der Waals surface area contributed by atoms with Crippen LogP contribution in [0.3, 0.4) is 0 Å². The van der Waals surface area contributed by atoms with Crippen LogP contribution in [0.4, 0.5) is 10.1 Å². The molecule has 0 aliphatic carbocycles. The van der Waals surface area contributed by atoms with Crippen LogP contribution in [-0.4, -0.2) is 4.92 Å². The molecule has 0 aliphatic heterocycles. The quantitative estimate of drug-likeness (QED) is 0.630. The Labute approximate surface area is 120 Å². The number of halogens is 1. The minimum atomic E-state index is -0.608. The van der Waals surface area contributed by atoms with Gasteiger partial charge in [0.25, 0.3) is 5.69 Å². The third-order valence-corrected chi connectivity index (χ3v) is 2.92. The molecular weight excluding hydrogens is 275 g/mol. The van der Waals surface area contributed by atoms with Crippen LogP contribution in [0.25, 0.3) is 0 Å². The average Bonchev–Trinajstić information content (AvgIpc) is 2.40. The standard InChI is InChI=1S/C15H11FN2O3/c1-9-3-10(2)15(7-14(9)18(19)20)21-13-5-11(8-17)4-12(16)6-13/h3-7H,1-2H3. The highest BCUT2D eigenvalue weighted by Crippen LogP contribution is 2.32. The summed E-state index contributed by atoms with van der Waals surface area (Å²) in [5.41, 5.74) is 1.24. The van der Waals surface area contributed by atoms with Crippen LogP contribution < -0.4 is 4.74 Å². The van der Waals surface area contributed by atoms with E-state index in [-0.39, 0.29) is 22.7 Å². The first-order valence-electron chi connectivity index (χ1n) is 6.05. The lowest BCUT2D eigenvalue weighted by Gasteiger charge is -2.10. The largest absolute Gasteiger partial charge is 0.457 e. The zero-order valence-electron chi connectivity index (χ0n) is 11.4. The summed E-state index contributed by atoms with van der Waals surface area (Å²) in [5, 5.41) is 19.7. The fourth-order valence-corrected chi connectivity index (χ4v) is 1.94. The van der Waals surface area contributed by atoms with Gasteiger partial charge in [-0.1, -0.05) is 0 Å². The van der Waals surface area contributed by atoms with Crippen molar-refractivity contribution in [3.8, 4) is 17.6 Å². The number of ether oxygens (including phenoxy) is 1. The number of nitro benzene ring substituents is 1. The first kappa shape index (κ1) is 14.5. The van der Waals surface area contributed by atoms with Crippen molar-refractivity contribution in [3.05, 3.63) is 63.0 Å². The van der Waals surface area contributed by atoms with Gasteiger partial charge in [-0.25, -0.2) is 4.39 Å². The number of aryl methyl sites for hydroxylation is 2. The van der Waals surface area contributed by atoms with Crippen molar-refractivity contribution >= 4 is 5.69 Å². The van der Waals surface area contributed by atoms with Crippen molar-refractivity contribution < 1.29 is 14.1 Å². The molecule has 0 atom stereocenters. The van der Waals surface area contributed by atoms with Crippen molar-refractivity contribution in [3.63, 3.8) is 0 Å². The molecule has 0 amide bonds. The summed E-state index contributed by atoms with van der Waals surface area (Å²) in [6.07, 6.45) is 0. The number of nitro groups is 1. The molecular formula is C15H11FN2O3. The van der Waals surface area contributed by atoms with Crippen LogP contribution in [0, 0.1) is 41.1 Å². The highest BCUT2D eigenvalue weighted by Gasteiger charge is 2.15. The molecule has 21 heavy (non-hydrogen) atoms. The van der Waals surface area contributed by atoms with Gasteiger partial charge in [0.1, 0.15) is 17.3 Å². The summed E-state index contributed by atoms with van der Waals surface area (Å²) in [4.78, 5) is 10.4. The van der Waals surface area contributed by atoms with E-state index in [1.165, 1.54) is 12.1 Å². The zero-order chi connectivity index (χ0) is 15.6. The normalized spacial score (nSPS) is 10.0. The minimum absolute atomic E-state index is 0.0764. The lowest BCUT2D eigenvalue weighted by Crippen LogP contribution is -1.96. The van der Waals surface area contributed by atoms with Gasteiger partial charge >= 0.3 is 0 Å². The van der Waals surface area contributed by atoms with Crippen molar-refractivity contribution in [2.75, 3.05) is 0 Å². The van der Waals surface area contributed by atoms with Crippen LogP contribution in [0.5, 0.6) is 11.5 Å². The van der Waals surface area contributed by atoms with E-state index in [2.05, 4.69) is 0 Å². The smallest absolute Gasteiger partial charge is 0.276 e. The summed E-state index contributed by atoms with van der Waals surface area (Å²) >= 11 is 0. The fourth-order valence-electron chi connectivity index (χ4n) is 1.94. The minimum Gasteiger partial charge on any atom is -0.457 e. The molecule has 0 radical (unpaired) electrons. The number of hydrogen-bond donors (Lipinski definition) is 0. The molecule has 106 valence electrons. The van der Waals surface area contributed by atoms with Crippen LogP contribution >= 0.6 is 0 Å². The van der Waals surface area contributed by atoms with Crippen molar-refractivity contribution in [2.24, 2.45) is 0 Å². The maximum Gasteiger partial charge on any atom is 0.276 e. The molecule has 0 saturated carbocycles. The molecule has 0 fully saturated rings. The van der Waals surface area contributed by atoms with E-state index in [1.807, 2.05) is 6.07 Å². The Morgan fingerprint density at radius 2 is 1.90 bits per heavy atom. The van der Waals surface area contributed by atoms with Gasteiger partial charge in [0, 0.05) is 11.6 Å². The zero-order valence-corrected chi connectivity index (χ0v) is 11.4. The van der Waals surface area contributed by atoms with E-state index in [0.717, 1.165) is 12.1 Å². The number of benzene rings is 2. The molecule has 2 aromatic carbocycles. The summed E-state index contributed by atoms with van der Waals surface area (Å²) < 4.78 is 18.8. The van der Waals surface area contributed by atoms with Gasteiger partial charge in [-0.3, -0.25) is 10.1 Å². The number of rotatable bonds is 3. The maximum atomic E-state index is 13.4. The second kappa shape index (κ2) is 5.59. The van der Waals surface area contributed by atoms with E-state index in [4.69, 9.17) is 10.00 Å². The predicted octanol–water partition coefficient (Wildman–Crippen LogP) is 4.01. The lowest BCUT2D eigenvalue weighted by molar-refractivity contribution is -0.385. The number of nitriles is 1. The number of hydrogen-bond acceptors (Lipinski definition) is 4. The maximum absolute atomic E-state index is 13.4. The van der Waals surface area contributed by atoms with Gasteiger partial charge in [-0.2, -0.15) is 5.26 Å². The van der Waals surface area contributed by atoms with E-state index in [1.54, 1.807) is 19.9 Å². The predicted molar refractivity (Wildman–Crippen MR) is 73.8 cm³/mol. The summed E-state index contributed by atoms with van der Waals surface area (Å²) in [7, 11) is 0. The molecule has 6 heteroatoms. The van der Waals surface area contributed by atoms with Gasteiger partial charge in [-0.15, -0.1) is 0 Å². The topological polar surface area (TPSA) is 76.2 Å². The van der Waals surface area contributed by atoms with Gasteiger partial charge in [-0.05, 0) is 37.6 Å². The van der Waals surface area contributed by atoms with Crippen molar-refractivity contribution in [2.45, 2.75) is 13.8 Å². The monoisotopic (exact) mass is 286 g/mol. The number of nitrogens with zero attached hydrogens (tertiary/aromatic N) is 2. The first-order chi connectivity index (χ1) is 9.90. The lowest BCUT2D eigenvalue weighted by atomic mass is 10.1. The third-order valence-electron chi connectivity index (χ3n) is 2.92. The summed E-state index contributed by atoms with van der Waals surface area (Å²) in [6.45, 7) is 3.36. The first-order valence-corrected chi connectivity index (χ1v) is 6.05. The average molecular weight is 286 g/mol. The fraction of sp³-hybridized carbons (Fsp3) is 0.133. The SMILES string of the molecule is Cc1cc(C)c([N+](=O)[O-])cc1Oc1cc(F)cc(C#N)c1. The Morgan fingerprint density at radius 3 is 2.52 bits per heavy atom. The summed E-state index contributed by atoms with van der Waals surface area (Å²) in [5.74, 6) is -0.238. The van der Waals surface area contributed by atoms with Crippen LogP contribution in [0.1, 0.15) is 16.7 Å². The second-order valence-electron chi connectivity index (χ2n) is 4.55. The van der Waals surface area contributed by atoms with Gasteiger partial charge in [0.15, 0.2) is 0 Å². The Kier molecular flexibility index (Phi) is 3.85. The Bertz CT molecular complexity index is 766. The van der Waals surface area contributed by atoms with Gasteiger partial charge in [0.05, 0.1) is 22.6 Å². The molecule has 0 aliphatic rings. The van der Waals surface area contributed by atoms with Crippen LogP contribution in [0.2, 0.25) is 0 Å². The molecule has 0 aromatic heterocycles.